The topological polar surface area (TPSA) is 112 Å². The van der Waals surface area contributed by atoms with Gasteiger partial charge in [0.05, 0.1) is 0 Å². The number of hydroxylamine groups is 1. The van der Waals surface area contributed by atoms with Crippen molar-refractivity contribution in [2.24, 2.45) is 0 Å². The molecular weight excluding hydrogens is 415 g/mol. The summed E-state index contributed by atoms with van der Waals surface area (Å²) in [5.41, 5.74) is 4.55. The summed E-state index contributed by atoms with van der Waals surface area (Å²) < 4.78 is 0. The van der Waals surface area contributed by atoms with E-state index in [2.05, 4.69) is 32.7 Å². The van der Waals surface area contributed by atoms with Crippen molar-refractivity contribution in [3.63, 3.8) is 0 Å². The minimum atomic E-state index is -0.649. The average molecular weight is 437 g/mol. The van der Waals surface area contributed by atoms with Gasteiger partial charge in [0, 0.05) is 29.6 Å². The largest absolute Gasteiger partial charge is 0.366 e. The Balaban J connectivity index is 2.20. The van der Waals surface area contributed by atoms with Crippen LogP contribution in [0.15, 0.2) is 30.9 Å². The molecular formula is C19H22Cl2N6O2. The van der Waals surface area contributed by atoms with Crippen molar-refractivity contribution < 1.29 is 9.63 Å². The number of carbonyl (C=O) groups is 1. The highest BCUT2D eigenvalue weighted by Gasteiger charge is 2.18. The number of halogens is 2. The van der Waals surface area contributed by atoms with E-state index >= 15 is 0 Å². The Kier molecular flexibility index (Phi) is 7.81. The predicted octanol–water partition coefficient (Wildman–Crippen LogP) is 5.01. The molecule has 0 radical (unpaired) electrons. The molecule has 154 valence electrons. The Labute approximate surface area is 179 Å². The van der Waals surface area contributed by atoms with E-state index < -0.39 is 6.03 Å². The maximum atomic E-state index is 12.1. The second-order valence-electron chi connectivity index (χ2n) is 6.38. The number of nitrogens with zero attached hydrogens (tertiary/aromatic N) is 2. The van der Waals surface area contributed by atoms with Crippen molar-refractivity contribution in [2.75, 3.05) is 17.2 Å². The van der Waals surface area contributed by atoms with Gasteiger partial charge in [-0.1, -0.05) is 43.1 Å². The van der Waals surface area contributed by atoms with Gasteiger partial charge in [-0.2, -0.15) is 10.5 Å². The third kappa shape index (κ3) is 6.33. The van der Waals surface area contributed by atoms with Crippen LogP contribution in [0.5, 0.6) is 5.88 Å². The van der Waals surface area contributed by atoms with Gasteiger partial charge in [0.25, 0.3) is 0 Å². The van der Waals surface area contributed by atoms with Gasteiger partial charge in [-0.3, -0.25) is 0 Å². The number of hydrogen-bond donors (Lipinski definition) is 4. The maximum Gasteiger partial charge on any atom is 0.352 e. The lowest BCUT2D eigenvalue weighted by Crippen LogP contribution is -2.32. The maximum absolute atomic E-state index is 12.1. The zero-order valence-electron chi connectivity index (χ0n) is 16.3. The van der Waals surface area contributed by atoms with Crippen molar-refractivity contribution in [1.29, 1.82) is 5.41 Å². The van der Waals surface area contributed by atoms with Crippen molar-refractivity contribution in [3.8, 4) is 5.88 Å². The number of amides is 2. The molecule has 10 heteroatoms. The van der Waals surface area contributed by atoms with Gasteiger partial charge in [-0.15, -0.1) is 6.58 Å². The van der Waals surface area contributed by atoms with Gasteiger partial charge in [-0.05, 0) is 30.5 Å². The fraction of sp³-hybridized carbons (Fsp3) is 0.263. The van der Waals surface area contributed by atoms with Crippen LogP contribution in [0.25, 0.3) is 0 Å². The Morgan fingerprint density at radius 3 is 2.48 bits per heavy atom. The van der Waals surface area contributed by atoms with Crippen molar-refractivity contribution in [3.05, 3.63) is 52.3 Å². The lowest BCUT2D eigenvalue weighted by Gasteiger charge is -2.18. The molecule has 2 rings (SSSR count). The molecule has 4 N–H and O–H groups in total. The molecule has 2 heterocycles. The first-order valence-electron chi connectivity index (χ1n) is 8.73. The monoisotopic (exact) mass is 436 g/mol. The van der Waals surface area contributed by atoms with E-state index in [1.54, 1.807) is 19.1 Å². The van der Waals surface area contributed by atoms with Gasteiger partial charge in [0.1, 0.15) is 16.1 Å². The zero-order chi connectivity index (χ0) is 21.6. The number of rotatable bonds is 8. The molecule has 2 amide bonds. The number of urea groups is 1. The summed E-state index contributed by atoms with van der Waals surface area (Å²) in [7, 11) is 0. The van der Waals surface area contributed by atoms with E-state index in [4.69, 9.17) is 33.4 Å². The van der Waals surface area contributed by atoms with Gasteiger partial charge >= 0.3 is 6.03 Å². The average Bonchev–Trinajstić information content (AvgIpc) is 2.62. The lowest BCUT2D eigenvalue weighted by molar-refractivity contribution is 0.184. The fourth-order valence-electron chi connectivity index (χ4n) is 2.53. The molecule has 0 aliphatic heterocycles. The van der Waals surface area contributed by atoms with Crippen LogP contribution in [-0.4, -0.2) is 28.3 Å². The Hall–Kier alpha value is -2.84. The molecule has 0 fully saturated rings. The van der Waals surface area contributed by atoms with Crippen LogP contribution in [-0.2, 0) is 0 Å². The van der Waals surface area contributed by atoms with Gasteiger partial charge in [-0.25, -0.2) is 9.78 Å². The minimum absolute atomic E-state index is 0.106. The third-order valence-corrected chi connectivity index (χ3v) is 4.09. The summed E-state index contributed by atoms with van der Waals surface area (Å²) in [6, 6.07) is 3.93. The van der Waals surface area contributed by atoms with E-state index in [0.717, 1.165) is 5.56 Å². The van der Waals surface area contributed by atoms with Crippen LogP contribution < -0.4 is 21.0 Å². The summed E-state index contributed by atoms with van der Waals surface area (Å²) in [5.74, 6) is 0.759. The molecule has 0 saturated carbocycles. The minimum Gasteiger partial charge on any atom is -0.366 e. The highest BCUT2D eigenvalue weighted by atomic mass is 35.5. The lowest BCUT2D eigenvalue weighted by atomic mass is 9.95. The summed E-state index contributed by atoms with van der Waals surface area (Å²) in [6.07, 6.45) is 1.68. The SMILES string of the molecule is C=CCNc1nc(ONC(=O)Nc2cc(Cl)nc(Cl)c2)cc(C(C)C)c1C(C)=N. The van der Waals surface area contributed by atoms with Gasteiger partial charge in [0.2, 0.25) is 5.88 Å². The fourth-order valence-corrected chi connectivity index (χ4v) is 2.99. The molecule has 0 unspecified atom stereocenters. The second kappa shape index (κ2) is 10.1. The number of anilines is 2. The number of hydrogen-bond acceptors (Lipinski definition) is 6. The first-order valence-corrected chi connectivity index (χ1v) is 9.49. The molecule has 29 heavy (non-hydrogen) atoms. The van der Waals surface area contributed by atoms with Crippen LogP contribution in [0.1, 0.15) is 37.8 Å². The molecule has 0 aliphatic carbocycles. The van der Waals surface area contributed by atoms with Crippen LogP contribution in [0, 0.1) is 5.41 Å². The van der Waals surface area contributed by atoms with E-state index in [1.807, 2.05) is 13.8 Å². The normalized spacial score (nSPS) is 10.4. The first kappa shape index (κ1) is 22.4. The van der Waals surface area contributed by atoms with Crippen LogP contribution >= 0.6 is 23.2 Å². The molecule has 0 spiro atoms. The molecule has 0 saturated heterocycles. The highest BCUT2D eigenvalue weighted by molar-refractivity contribution is 6.32. The summed E-state index contributed by atoms with van der Waals surface area (Å²) in [5, 5.41) is 14.0. The van der Waals surface area contributed by atoms with Gasteiger partial charge < -0.3 is 20.9 Å². The van der Waals surface area contributed by atoms with E-state index in [0.29, 0.717) is 29.3 Å². The number of carbonyl (C=O) groups excluding carboxylic acids is 1. The first-order chi connectivity index (χ1) is 13.7. The van der Waals surface area contributed by atoms with Crippen LogP contribution in [0.2, 0.25) is 10.3 Å². The van der Waals surface area contributed by atoms with Crippen molar-refractivity contribution >= 4 is 46.4 Å². The number of pyridine rings is 2. The summed E-state index contributed by atoms with van der Waals surface area (Å²) >= 11 is 11.6. The zero-order valence-corrected chi connectivity index (χ0v) is 17.8. The molecule has 8 nitrogen and oxygen atoms in total. The Morgan fingerprint density at radius 2 is 1.93 bits per heavy atom. The van der Waals surface area contributed by atoms with E-state index in [-0.39, 0.29) is 22.1 Å². The summed E-state index contributed by atoms with van der Waals surface area (Å²) in [6.45, 7) is 9.84. The second-order valence-corrected chi connectivity index (χ2v) is 7.16. The Bertz CT molecular complexity index is 913. The molecule has 0 aromatic carbocycles. The predicted molar refractivity (Wildman–Crippen MR) is 117 cm³/mol. The quantitative estimate of drug-likeness (QED) is 0.201. The van der Waals surface area contributed by atoms with E-state index in [9.17, 15) is 4.79 Å². The standard InChI is InChI=1S/C19H22Cl2N6O2/c1-5-6-23-18-17(11(4)22)13(10(2)3)9-16(26-18)29-27-19(28)24-12-7-14(20)25-15(21)8-12/h5,7-10,22H,1,6H2,2-4H3,(H,23,26)(H2,24,25,27,28). The van der Waals surface area contributed by atoms with Gasteiger partial charge in [0.15, 0.2) is 0 Å². The molecule has 0 bridgehead atoms. The molecule has 0 atom stereocenters. The number of nitrogens with one attached hydrogen (secondary N) is 4. The highest BCUT2D eigenvalue weighted by Crippen LogP contribution is 2.29. The smallest absolute Gasteiger partial charge is 0.352 e. The summed E-state index contributed by atoms with van der Waals surface area (Å²) in [4.78, 5) is 25.6. The molecule has 2 aromatic heterocycles. The van der Waals surface area contributed by atoms with Crippen molar-refractivity contribution in [2.45, 2.75) is 26.7 Å². The molecule has 0 aliphatic rings. The van der Waals surface area contributed by atoms with Crippen LogP contribution in [0.4, 0.5) is 16.3 Å². The third-order valence-electron chi connectivity index (χ3n) is 3.71. The van der Waals surface area contributed by atoms with Crippen molar-refractivity contribution in [1.82, 2.24) is 15.4 Å². The molecule has 2 aromatic rings. The Morgan fingerprint density at radius 1 is 1.28 bits per heavy atom. The number of aromatic nitrogens is 2. The van der Waals surface area contributed by atoms with E-state index in [1.165, 1.54) is 12.1 Å². The van der Waals surface area contributed by atoms with Crippen LogP contribution in [0.3, 0.4) is 0 Å².